The second kappa shape index (κ2) is 6.88. The Labute approximate surface area is 155 Å². The van der Waals surface area contributed by atoms with E-state index in [1.807, 2.05) is 18.2 Å². The highest BCUT2D eigenvalue weighted by atomic mass is 16.5. The molecule has 3 heteroatoms. The minimum absolute atomic E-state index is 0.244. The van der Waals surface area contributed by atoms with E-state index in [4.69, 9.17) is 9.47 Å². The van der Waals surface area contributed by atoms with E-state index in [1.165, 1.54) is 44.8 Å². The number of hydrogen-bond acceptors (Lipinski definition) is 3. The lowest BCUT2D eigenvalue weighted by Crippen LogP contribution is -2.40. The van der Waals surface area contributed by atoms with Gasteiger partial charge in [-0.3, -0.25) is 4.79 Å². The van der Waals surface area contributed by atoms with Crippen molar-refractivity contribution in [3.05, 3.63) is 59.2 Å². The summed E-state index contributed by atoms with van der Waals surface area (Å²) in [5.74, 6) is 0.349. The fourth-order valence-corrected chi connectivity index (χ4v) is 4.90. The van der Waals surface area contributed by atoms with Crippen LogP contribution in [0, 0.1) is 0 Å². The van der Waals surface area contributed by atoms with Crippen molar-refractivity contribution in [2.45, 2.75) is 43.4 Å². The lowest BCUT2D eigenvalue weighted by molar-refractivity contribution is -0.147. The Balaban J connectivity index is 1.91. The fourth-order valence-electron chi connectivity index (χ4n) is 4.90. The molecule has 0 spiro atoms. The lowest BCUT2D eigenvalue weighted by Gasteiger charge is -2.29. The van der Waals surface area contributed by atoms with Gasteiger partial charge in [0.2, 0.25) is 0 Å². The molecule has 4 rings (SSSR count). The van der Waals surface area contributed by atoms with Crippen LogP contribution >= 0.6 is 0 Å². The standard InChI is InChI=1S/C23H26O3/c1-25-15-23(22(24)26-2)20-11-7-6-10-18(20)19-13-12-17(14-21(19)23)16-8-4-3-5-9-16/h6-7,10-14,16H,3-5,8-9,15H2,1-2H3. The van der Waals surface area contributed by atoms with E-state index in [2.05, 4.69) is 24.3 Å². The van der Waals surface area contributed by atoms with Crippen LogP contribution < -0.4 is 0 Å². The molecule has 0 heterocycles. The maximum atomic E-state index is 13.0. The summed E-state index contributed by atoms with van der Waals surface area (Å²) in [5, 5.41) is 0. The Bertz CT molecular complexity index is 820. The van der Waals surface area contributed by atoms with Crippen LogP contribution in [0.1, 0.15) is 54.7 Å². The normalized spacial score (nSPS) is 21.9. The third kappa shape index (κ3) is 2.49. The molecule has 1 saturated carbocycles. The van der Waals surface area contributed by atoms with Gasteiger partial charge in [-0.15, -0.1) is 0 Å². The maximum absolute atomic E-state index is 13.0. The zero-order chi connectivity index (χ0) is 18.1. The zero-order valence-electron chi connectivity index (χ0n) is 15.6. The molecule has 3 nitrogen and oxygen atoms in total. The van der Waals surface area contributed by atoms with Gasteiger partial charge in [0.1, 0.15) is 5.41 Å². The van der Waals surface area contributed by atoms with Crippen molar-refractivity contribution in [2.75, 3.05) is 20.8 Å². The Hall–Kier alpha value is -2.13. The summed E-state index contributed by atoms with van der Waals surface area (Å²) in [5.41, 5.74) is 4.74. The number of ether oxygens (including phenoxy) is 2. The van der Waals surface area contributed by atoms with Crippen molar-refractivity contribution in [2.24, 2.45) is 0 Å². The molecule has 0 N–H and O–H groups in total. The lowest BCUT2D eigenvalue weighted by atomic mass is 9.76. The molecule has 0 bridgehead atoms. The molecular formula is C23H26O3. The summed E-state index contributed by atoms with van der Waals surface area (Å²) in [7, 11) is 3.11. The van der Waals surface area contributed by atoms with Gasteiger partial charge < -0.3 is 9.47 Å². The Kier molecular flexibility index (Phi) is 4.58. The average Bonchev–Trinajstić information content (AvgIpc) is 2.99. The topological polar surface area (TPSA) is 35.5 Å². The van der Waals surface area contributed by atoms with Gasteiger partial charge in [-0.1, -0.05) is 61.7 Å². The minimum Gasteiger partial charge on any atom is -0.468 e. The predicted molar refractivity (Wildman–Crippen MR) is 102 cm³/mol. The number of esters is 1. The van der Waals surface area contributed by atoms with Gasteiger partial charge in [0.25, 0.3) is 0 Å². The van der Waals surface area contributed by atoms with Crippen molar-refractivity contribution in [3.8, 4) is 11.1 Å². The smallest absolute Gasteiger partial charge is 0.323 e. The van der Waals surface area contributed by atoms with Crippen molar-refractivity contribution < 1.29 is 14.3 Å². The number of carbonyl (C=O) groups is 1. The molecule has 0 aromatic heterocycles. The molecule has 26 heavy (non-hydrogen) atoms. The van der Waals surface area contributed by atoms with Crippen LogP contribution in [0.3, 0.4) is 0 Å². The van der Waals surface area contributed by atoms with E-state index in [1.54, 1.807) is 7.11 Å². The summed E-state index contributed by atoms with van der Waals surface area (Å²) in [6.07, 6.45) is 6.40. The van der Waals surface area contributed by atoms with E-state index < -0.39 is 5.41 Å². The van der Waals surface area contributed by atoms with Crippen LogP contribution in [0.15, 0.2) is 42.5 Å². The van der Waals surface area contributed by atoms with Crippen molar-refractivity contribution in [1.82, 2.24) is 0 Å². The van der Waals surface area contributed by atoms with Gasteiger partial charge in [0.15, 0.2) is 0 Å². The van der Waals surface area contributed by atoms with Crippen LogP contribution in [-0.4, -0.2) is 26.8 Å². The summed E-state index contributed by atoms with van der Waals surface area (Å²) in [6, 6.07) is 14.8. The number of benzene rings is 2. The average molecular weight is 350 g/mol. The molecule has 0 amide bonds. The summed E-state index contributed by atoms with van der Waals surface area (Å²) in [4.78, 5) is 13.0. The van der Waals surface area contributed by atoms with E-state index >= 15 is 0 Å². The second-order valence-corrected chi connectivity index (χ2v) is 7.52. The van der Waals surface area contributed by atoms with E-state index in [0.29, 0.717) is 5.92 Å². The van der Waals surface area contributed by atoms with Gasteiger partial charge >= 0.3 is 5.97 Å². The molecule has 1 fully saturated rings. The van der Waals surface area contributed by atoms with Gasteiger partial charge in [-0.05, 0) is 46.6 Å². The Morgan fingerprint density at radius 2 is 1.73 bits per heavy atom. The fraction of sp³-hybridized carbons (Fsp3) is 0.435. The number of methoxy groups -OCH3 is 2. The zero-order valence-corrected chi connectivity index (χ0v) is 15.6. The summed E-state index contributed by atoms with van der Waals surface area (Å²) in [6.45, 7) is 0.289. The van der Waals surface area contributed by atoms with Crippen molar-refractivity contribution in [1.29, 1.82) is 0 Å². The second-order valence-electron chi connectivity index (χ2n) is 7.52. The summed E-state index contributed by atoms with van der Waals surface area (Å²) >= 11 is 0. The van der Waals surface area contributed by atoms with Crippen LogP contribution in [0.5, 0.6) is 0 Å². The third-order valence-electron chi connectivity index (χ3n) is 6.15. The van der Waals surface area contributed by atoms with E-state index in [-0.39, 0.29) is 12.6 Å². The maximum Gasteiger partial charge on any atom is 0.323 e. The molecule has 2 aromatic carbocycles. The van der Waals surface area contributed by atoms with Crippen LogP contribution in [-0.2, 0) is 19.7 Å². The molecule has 1 atom stereocenters. The first-order valence-electron chi connectivity index (χ1n) is 9.54. The van der Waals surface area contributed by atoms with Crippen molar-refractivity contribution in [3.63, 3.8) is 0 Å². The molecular weight excluding hydrogens is 324 g/mol. The third-order valence-corrected chi connectivity index (χ3v) is 6.15. The van der Waals surface area contributed by atoms with Gasteiger partial charge in [-0.25, -0.2) is 0 Å². The van der Waals surface area contributed by atoms with E-state index in [9.17, 15) is 4.79 Å². The molecule has 0 aliphatic heterocycles. The molecule has 2 aliphatic carbocycles. The molecule has 136 valence electrons. The number of rotatable bonds is 4. The first-order valence-corrected chi connectivity index (χ1v) is 9.54. The largest absolute Gasteiger partial charge is 0.468 e. The van der Waals surface area contributed by atoms with Crippen molar-refractivity contribution >= 4 is 5.97 Å². The summed E-state index contributed by atoms with van der Waals surface area (Å²) < 4.78 is 10.8. The highest BCUT2D eigenvalue weighted by Crippen LogP contribution is 2.51. The van der Waals surface area contributed by atoms with Gasteiger partial charge in [-0.2, -0.15) is 0 Å². The predicted octanol–water partition coefficient (Wildman–Crippen LogP) is 4.82. The first-order chi connectivity index (χ1) is 12.7. The van der Waals surface area contributed by atoms with Crippen LogP contribution in [0.2, 0.25) is 0 Å². The number of fused-ring (bicyclic) bond motifs is 3. The number of hydrogen-bond donors (Lipinski definition) is 0. The Morgan fingerprint density at radius 3 is 2.46 bits per heavy atom. The first kappa shape index (κ1) is 17.3. The molecule has 1 unspecified atom stereocenters. The Morgan fingerprint density at radius 1 is 1.00 bits per heavy atom. The quantitative estimate of drug-likeness (QED) is 0.742. The van der Waals surface area contributed by atoms with Gasteiger partial charge in [0.05, 0.1) is 13.7 Å². The number of carbonyl (C=O) groups excluding carboxylic acids is 1. The molecule has 0 radical (unpaired) electrons. The van der Waals surface area contributed by atoms with Crippen LogP contribution in [0.25, 0.3) is 11.1 Å². The monoisotopic (exact) mass is 350 g/mol. The molecule has 0 saturated heterocycles. The van der Waals surface area contributed by atoms with Crippen LogP contribution in [0.4, 0.5) is 0 Å². The highest BCUT2D eigenvalue weighted by Gasteiger charge is 2.50. The molecule has 2 aliphatic rings. The minimum atomic E-state index is -0.875. The SMILES string of the molecule is COCC1(C(=O)OC)c2ccccc2-c2ccc(C3CCCCC3)cc21. The molecule has 2 aromatic rings. The van der Waals surface area contributed by atoms with Gasteiger partial charge in [0, 0.05) is 7.11 Å². The van der Waals surface area contributed by atoms with E-state index in [0.717, 1.165) is 22.3 Å². The highest BCUT2D eigenvalue weighted by molar-refractivity contribution is 5.98.